The summed E-state index contributed by atoms with van der Waals surface area (Å²) in [5, 5.41) is 0. The number of benzene rings is 1. The van der Waals surface area contributed by atoms with E-state index in [4.69, 9.17) is 27.9 Å². The zero-order chi connectivity index (χ0) is 20.3. The summed E-state index contributed by atoms with van der Waals surface area (Å²) >= 11 is 0. The van der Waals surface area contributed by atoms with E-state index in [1.807, 2.05) is 6.92 Å². The van der Waals surface area contributed by atoms with Gasteiger partial charge in [0.2, 0.25) is 0 Å². The smallest absolute Gasteiger partial charge is 0.297 e. The van der Waals surface area contributed by atoms with E-state index < -0.39 is 52.4 Å². The lowest BCUT2D eigenvalue weighted by Gasteiger charge is -2.36. The largest absolute Gasteiger partial charge is 0.342 e. The molecule has 0 amide bonds. The number of hydrogen-bond acceptors (Lipinski definition) is 8. The molecule has 4 rings (SSSR count). The Labute approximate surface area is 165 Å². The summed E-state index contributed by atoms with van der Waals surface area (Å²) in [5.41, 5.74) is 0.961. The second-order valence-corrected chi connectivity index (χ2v) is 9.87. The first-order valence-electron chi connectivity index (χ1n) is 9.29. The minimum atomic E-state index is -3.93. The maximum Gasteiger partial charge on any atom is 0.297 e. The lowest BCUT2D eigenvalue weighted by Crippen LogP contribution is -2.56. The predicted molar refractivity (Wildman–Crippen MR) is 96.8 cm³/mol. The van der Waals surface area contributed by atoms with Crippen molar-refractivity contribution < 1.29 is 36.3 Å². The molecule has 0 bridgehead atoms. The van der Waals surface area contributed by atoms with E-state index in [0.717, 1.165) is 5.56 Å². The molecule has 0 aliphatic carbocycles. The lowest BCUT2D eigenvalue weighted by molar-refractivity contribution is -0.238. The summed E-state index contributed by atoms with van der Waals surface area (Å²) in [6.45, 7) is 8.83. The molecular weight excluding hydrogens is 388 g/mol. The van der Waals surface area contributed by atoms with Gasteiger partial charge in [-0.05, 0) is 46.8 Å². The maximum atomic E-state index is 12.5. The van der Waals surface area contributed by atoms with Crippen LogP contribution in [0.5, 0.6) is 0 Å². The fraction of sp³-hybridized carbons (Fsp3) is 0.684. The van der Waals surface area contributed by atoms with Crippen LogP contribution >= 0.6 is 0 Å². The molecule has 3 aliphatic heterocycles. The highest BCUT2D eigenvalue weighted by Gasteiger charge is 2.60. The molecule has 8 nitrogen and oxygen atoms in total. The summed E-state index contributed by atoms with van der Waals surface area (Å²) in [6, 6.07) is 6.46. The van der Waals surface area contributed by atoms with Gasteiger partial charge in [0, 0.05) is 0 Å². The first kappa shape index (κ1) is 20.2. The Bertz CT molecular complexity index is 832. The minimum absolute atomic E-state index is 0.0915. The monoisotopic (exact) mass is 414 g/mol. The van der Waals surface area contributed by atoms with Crippen LogP contribution in [0.25, 0.3) is 0 Å². The lowest BCUT2D eigenvalue weighted by atomic mass is 9.99. The number of hydrogen-bond donors (Lipinski definition) is 0. The molecule has 3 fully saturated rings. The Morgan fingerprint density at radius 2 is 1.46 bits per heavy atom. The average molecular weight is 414 g/mol. The van der Waals surface area contributed by atoms with Gasteiger partial charge in [-0.2, -0.15) is 8.42 Å². The van der Waals surface area contributed by atoms with E-state index in [2.05, 4.69) is 0 Å². The van der Waals surface area contributed by atoms with Gasteiger partial charge in [0.1, 0.15) is 24.4 Å². The highest BCUT2D eigenvalue weighted by Crippen LogP contribution is 2.44. The molecule has 5 atom stereocenters. The number of aryl methyl sites for hydroxylation is 1. The predicted octanol–water partition coefficient (Wildman–Crippen LogP) is 2.10. The van der Waals surface area contributed by atoms with Crippen LogP contribution in [0.1, 0.15) is 33.3 Å². The highest BCUT2D eigenvalue weighted by molar-refractivity contribution is 7.86. The first-order valence-corrected chi connectivity index (χ1v) is 10.7. The molecule has 3 heterocycles. The molecule has 0 spiro atoms. The summed E-state index contributed by atoms with van der Waals surface area (Å²) in [4.78, 5) is 0.0915. The van der Waals surface area contributed by atoms with Crippen LogP contribution in [0.2, 0.25) is 0 Å². The molecule has 1 aromatic carbocycles. The summed E-state index contributed by atoms with van der Waals surface area (Å²) in [5.74, 6) is -1.68. The van der Waals surface area contributed by atoms with Crippen molar-refractivity contribution in [2.45, 2.75) is 81.8 Å². The number of fused-ring (bicyclic) bond motifs is 3. The van der Waals surface area contributed by atoms with E-state index in [9.17, 15) is 8.42 Å². The maximum absolute atomic E-state index is 12.5. The van der Waals surface area contributed by atoms with Crippen molar-refractivity contribution >= 4 is 10.1 Å². The molecular formula is C19H26O8S. The molecule has 5 unspecified atom stereocenters. The van der Waals surface area contributed by atoms with Gasteiger partial charge in [-0.3, -0.25) is 4.18 Å². The third-order valence-corrected chi connectivity index (χ3v) is 6.24. The van der Waals surface area contributed by atoms with Crippen LogP contribution in [-0.2, 0) is 38.0 Å². The fourth-order valence-corrected chi connectivity index (χ4v) is 4.68. The van der Waals surface area contributed by atoms with Crippen LogP contribution in [0.15, 0.2) is 29.2 Å². The van der Waals surface area contributed by atoms with Gasteiger partial charge in [-0.15, -0.1) is 0 Å². The number of ether oxygens (including phenoxy) is 5. The molecule has 3 aliphatic rings. The molecule has 156 valence electrons. The zero-order valence-corrected chi connectivity index (χ0v) is 17.4. The van der Waals surface area contributed by atoms with E-state index in [1.165, 1.54) is 12.1 Å². The molecule has 3 saturated heterocycles. The van der Waals surface area contributed by atoms with Gasteiger partial charge in [0.05, 0.1) is 11.5 Å². The zero-order valence-electron chi connectivity index (χ0n) is 16.6. The van der Waals surface area contributed by atoms with Crippen LogP contribution in [0, 0.1) is 6.92 Å². The molecule has 0 radical (unpaired) electrons. The van der Waals surface area contributed by atoms with Crippen molar-refractivity contribution in [2.24, 2.45) is 0 Å². The second-order valence-electron chi connectivity index (χ2n) is 8.26. The molecule has 0 aromatic heterocycles. The summed E-state index contributed by atoms with van der Waals surface area (Å²) < 4.78 is 60.0. The molecule has 9 heteroatoms. The fourth-order valence-electron chi connectivity index (χ4n) is 3.76. The Kier molecular flexibility index (Phi) is 4.86. The second kappa shape index (κ2) is 6.73. The van der Waals surface area contributed by atoms with Crippen LogP contribution in [-0.4, -0.2) is 57.3 Å². The van der Waals surface area contributed by atoms with Gasteiger partial charge < -0.3 is 23.7 Å². The van der Waals surface area contributed by atoms with Gasteiger partial charge in [0.15, 0.2) is 17.9 Å². The SMILES string of the molecule is Cc1ccc(S(=O)(=O)OCC2OC3OC(C)(C)OC3C3OC(C)(C)OC23)cc1. The van der Waals surface area contributed by atoms with E-state index in [0.29, 0.717) is 0 Å². The Hall–Kier alpha value is -1.07. The van der Waals surface area contributed by atoms with Crippen molar-refractivity contribution in [1.82, 2.24) is 0 Å². The van der Waals surface area contributed by atoms with Crippen molar-refractivity contribution in [3.8, 4) is 0 Å². The topological polar surface area (TPSA) is 89.5 Å². The first-order chi connectivity index (χ1) is 13.0. The van der Waals surface area contributed by atoms with Gasteiger partial charge in [-0.25, -0.2) is 0 Å². The van der Waals surface area contributed by atoms with Gasteiger partial charge in [0.25, 0.3) is 10.1 Å². The molecule has 0 N–H and O–H groups in total. The third kappa shape index (κ3) is 3.85. The van der Waals surface area contributed by atoms with Crippen LogP contribution < -0.4 is 0 Å². The molecule has 1 aromatic rings. The van der Waals surface area contributed by atoms with Crippen LogP contribution in [0.3, 0.4) is 0 Å². The van der Waals surface area contributed by atoms with Gasteiger partial charge in [-0.1, -0.05) is 17.7 Å². The quantitative estimate of drug-likeness (QED) is 0.692. The minimum Gasteiger partial charge on any atom is -0.342 e. The highest BCUT2D eigenvalue weighted by atomic mass is 32.2. The normalized spacial score (nSPS) is 36.1. The van der Waals surface area contributed by atoms with Crippen molar-refractivity contribution in [3.63, 3.8) is 0 Å². The summed E-state index contributed by atoms with van der Waals surface area (Å²) in [7, 11) is -3.93. The Morgan fingerprint density at radius 3 is 2.14 bits per heavy atom. The van der Waals surface area contributed by atoms with Gasteiger partial charge >= 0.3 is 0 Å². The van der Waals surface area contributed by atoms with E-state index in [-0.39, 0.29) is 11.5 Å². The number of rotatable bonds is 4. The Morgan fingerprint density at radius 1 is 0.893 bits per heavy atom. The molecule has 0 saturated carbocycles. The van der Waals surface area contributed by atoms with Crippen molar-refractivity contribution in [1.29, 1.82) is 0 Å². The molecule has 28 heavy (non-hydrogen) atoms. The van der Waals surface area contributed by atoms with E-state index >= 15 is 0 Å². The average Bonchev–Trinajstić information content (AvgIpc) is 3.07. The summed E-state index contributed by atoms with van der Waals surface area (Å²) in [6.07, 6.45) is -2.84. The van der Waals surface area contributed by atoms with E-state index in [1.54, 1.807) is 39.8 Å². The Balaban J connectivity index is 1.52. The van der Waals surface area contributed by atoms with Crippen LogP contribution in [0.4, 0.5) is 0 Å². The standard InChI is InChI=1S/C19H26O8S/c1-11-6-8-12(9-7-11)28(20,21)22-10-13-14-15(25-18(2,3)24-14)16-17(23-13)27-19(4,5)26-16/h6-9,13-17H,10H2,1-5H3. The van der Waals surface area contributed by atoms with Crippen molar-refractivity contribution in [3.05, 3.63) is 29.8 Å². The third-order valence-electron chi connectivity index (χ3n) is 4.95. The van der Waals surface area contributed by atoms with Crippen molar-refractivity contribution in [2.75, 3.05) is 6.61 Å².